The van der Waals surface area contributed by atoms with Gasteiger partial charge in [-0.25, -0.2) is 0 Å². The molecule has 3 aromatic rings. The second-order valence-corrected chi connectivity index (χ2v) is 8.08. The third-order valence-electron chi connectivity index (χ3n) is 5.18. The van der Waals surface area contributed by atoms with Gasteiger partial charge in [-0.15, -0.1) is 0 Å². The van der Waals surface area contributed by atoms with Crippen LogP contribution in [0.1, 0.15) is 22.3 Å². The van der Waals surface area contributed by atoms with E-state index in [2.05, 4.69) is 43.3 Å². The van der Waals surface area contributed by atoms with Gasteiger partial charge in [-0.2, -0.15) is 0 Å². The molecule has 0 radical (unpaired) electrons. The highest BCUT2D eigenvalue weighted by atomic mass is 79.9. The summed E-state index contributed by atoms with van der Waals surface area (Å²) in [6.07, 6.45) is 1.67. The molecular weight excluding hydrogens is 436 g/mol. The van der Waals surface area contributed by atoms with Crippen LogP contribution >= 0.6 is 15.9 Å². The van der Waals surface area contributed by atoms with Crippen molar-refractivity contribution in [2.24, 2.45) is 0 Å². The topological polar surface area (TPSA) is 74.8 Å². The lowest BCUT2D eigenvalue weighted by Gasteiger charge is -2.37. The number of nitrogens with zero attached hydrogens (tertiary/aromatic N) is 3. The monoisotopic (exact) mass is 458 g/mol. The molecule has 0 bridgehead atoms. The fraction of sp³-hybridized carbons (Fsp3) is 0.333. The van der Waals surface area contributed by atoms with Crippen LogP contribution in [-0.4, -0.2) is 60.6 Å². The Balaban J connectivity index is 1.42. The van der Waals surface area contributed by atoms with Crippen LogP contribution < -0.4 is 5.32 Å². The number of amides is 1. The quantitative estimate of drug-likeness (QED) is 0.609. The summed E-state index contributed by atoms with van der Waals surface area (Å²) in [7, 11) is 2.12. The zero-order chi connectivity index (χ0) is 20.2. The average Bonchev–Trinajstić information content (AvgIpc) is 3.42. The van der Waals surface area contributed by atoms with Gasteiger partial charge in [0.2, 0.25) is 0 Å². The maximum absolute atomic E-state index is 12.7. The third-order valence-corrected chi connectivity index (χ3v) is 5.71. The number of nitrogens with one attached hydrogen (secondary N) is 1. The molecular formula is C21H23BrN4O3. The summed E-state index contributed by atoms with van der Waals surface area (Å²) in [5.74, 6) is 1.15. The summed E-state index contributed by atoms with van der Waals surface area (Å²) >= 11 is 3.41. The van der Waals surface area contributed by atoms with E-state index in [-0.39, 0.29) is 17.6 Å². The molecule has 1 aliphatic rings. The van der Waals surface area contributed by atoms with E-state index in [9.17, 15) is 4.79 Å². The highest BCUT2D eigenvalue weighted by Crippen LogP contribution is 2.24. The van der Waals surface area contributed by atoms with Crippen molar-refractivity contribution in [3.63, 3.8) is 0 Å². The van der Waals surface area contributed by atoms with E-state index in [1.807, 2.05) is 36.4 Å². The molecule has 1 amide bonds. The molecule has 1 aromatic carbocycles. The normalized spacial score (nSPS) is 16.6. The lowest BCUT2D eigenvalue weighted by molar-refractivity contribution is 0.0845. The summed E-state index contributed by atoms with van der Waals surface area (Å²) < 4.78 is 12.0. The number of furan rings is 1. The number of carbonyl (C=O) groups excluding carboxylic acids is 1. The molecule has 8 heteroatoms. The molecule has 29 heavy (non-hydrogen) atoms. The van der Waals surface area contributed by atoms with Crippen LogP contribution in [-0.2, 0) is 0 Å². The third kappa shape index (κ3) is 4.77. The van der Waals surface area contributed by atoms with Gasteiger partial charge in [0.05, 0.1) is 12.3 Å². The maximum Gasteiger partial charge on any atom is 0.273 e. The van der Waals surface area contributed by atoms with Crippen molar-refractivity contribution in [1.29, 1.82) is 0 Å². The van der Waals surface area contributed by atoms with Crippen LogP contribution in [0.4, 0.5) is 0 Å². The van der Waals surface area contributed by atoms with Gasteiger partial charge >= 0.3 is 0 Å². The van der Waals surface area contributed by atoms with Crippen LogP contribution in [0.15, 0.2) is 62.1 Å². The molecule has 7 nitrogen and oxygen atoms in total. The Morgan fingerprint density at radius 1 is 1.21 bits per heavy atom. The minimum Gasteiger partial charge on any atom is -0.468 e. The number of carbonyl (C=O) groups is 1. The molecule has 4 rings (SSSR count). The van der Waals surface area contributed by atoms with Crippen LogP contribution in [0.3, 0.4) is 0 Å². The number of likely N-dealkylation sites (N-methyl/N-ethyl adjacent to an activating group) is 1. The van der Waals surface area contributed by atoms with Gasteiger partial charge in [0.25, 0.3) is 5.91 Å². The zero-order valence-electron chi connectivity index (χ0n) is 16.2. The van der Waals surface area contributed by atoms with Crippen LogP contribution in [0.2, 0.25) is 0 Å². The number of halogens is 1. The Labute approximate surface area is 177 Å². The van der Waals surface area contributed by atoms with Gasteiger partial charge in [-0.1, -0.05) is 33.2 Å². The Morgan fingerprint density at radius 2 is 1.97 bits per heavy atom. The largest absolute Gasteiger partial charge is 0.468 e. The summed E-state index contributed by atoms with van der Waals surface area (Å²) in [4.78, 5) is 17.3. The van der Waals surface area contributed by atoms with Gasteiger partial charge in [0, 0.05) is 48.8 Å². The number of benzene rings is 1. The lowest BCUT2D eigenvalue weighted by atomic mass is 10.1. The highest BCUT2D eigenvalue weighted by molar-refractivity contribution is 9.10. The van der Waals surface area contributed by atoms with Crippen molar-refractivity contribution < 1.29 is 13.7 Å². The molecule has 1 fully saturated rings. The molecule has 0 aliphatic carbocycles. The van der Waals surface area contributed by atoms with Crippen LogP contribution in [0.25, 0.3) is 11.3 Å². The van der Waals surface area contributed by atoms with E-state index >= 15 is 0 Å². The standard InChI is InChI=1S/C21H23BrN4O3/c1-25-8-10-26(11-9-25)18(19-3-2-12-28-19)14-23-21(27)17-13-20(29-24-17)15-4-6-16(22)7-5-15/h2-7,12-13,18H,8-11,14H2,1H3,(H,23,27)/t18-/m1/s1. The van der Waals surface area contributed by atoms with E-state index in [1.54, 1.807) is 12.3 Å². The molecule has 1 atom stereocenters. The highest BCUT2D eigenvalue weighted by Gasteiger charge is 2.27. The maximum atomic E-state index is 12.7. The van der Waals surface area contributed by atoms with Crippen LogP contribution in [0.5, 0.6) is 0 Å². The molecule has 1 saturated heterocycles. The molecule has 0 saturated carbocycles. The first-order chi connectivity index (χ1) is 14.1. The Hall–Kier alpha value is -2.42. The predicted molar refractivity (Wildman–Crippen MR) is 112 cm³/mol. The Morgan fingerprint density at radius 3 is 2.66 bits per heavy atom. The number of aromatic nitrogens is 1. The molecule has 2 aromatic heterocycles. The lowest BCUT2D eigenvalue weighted by Crippen LogP contribution is -2.48. The fourth-order valence-electron chi connectivity index (χ4n) is 3.44. The molecule has 3 heterocycles. The van der Waals surface area contributed by atoms with E-state index in [0.717, 1.165) is 42.0 Å². The Kier molecular flexibility index (Phi) is 6.13. The second kappa shape index (κ2) is 8.94. The summed E-state index contributed by atoms with van der Waals surface area (Å²) in [6, 6.07) is 13.1. The summed E-state index contributed by atoms with van der Waals surface area (Å²) in [5, 5.41) is 6.92. The van der Waals surface area contributed by atoms with Crippen LogP contribution in [0, 0.1) is 0 Å². The minimum absolute atomic E-state index is 0.0134. The van der Waals surface area contributed by atoms with Gasteiger partial charge in [0.1, 0.15) is 5.76 Å². The van der Waals surface area contributed by atoms with Crippen molar-refractivity contribution in [2.75, 3.05) is 39.8 Å². The predicted octanol–water partition coefficient (Wildman–Crippen LogP) is 3.42. The first-order valence-corrected chi connectivity index (χ1v) is 10.4. The first kappa shape index (κ1) is 19.9. The Bertz CT molecular complexity index is 931. The number of rotatable bonds is 6. The molecule has 152 valence electrons. The number of hydrogen-bond acceptors (Lipinski definition) is 6. The van der Waals surface area contributed by atoms with Gasteiger partial charge < -0.3 is 19.2 Å². The zero-order valence-corrected chi connectivity index (χ0v) is 17.8. The molecule has 1 aliphatic heterocycles. The van der Waals surface area contributed by atoms with Crippen molar-refractivity contribution >= 4 is 21.8 Å². The summed E-state index contributed by atoms with van der Waals surface area (Å²) in [6.45, 7) is 4.28. The van der Waals surface area contributed by atoms with E-state index in [4.69, 9.17) is 8.94 Å². The van der Waals surface area contributed by atoms with Gasteiger partial charge in [-0.3, -0.25) is 9.69 Å². The number of piperazine rings is 1. The van der Waals surface area contributed by atoms with E-state index < -0.39 is 0 Å². The minimum atomic E-state index is -0.261. The van der Waals surface area contributed by atoms with Gasteiger partial charge in [-0.05, 0) is 31.3 Å². The second-order valence-electron chi connectivity index (χ2n) is 7.16. The molecule has 0 spiro atoms. The fourth-order valence-corrected chi connectivity index (χ4v) is 3.70. The average molecular weight is 459 g/mol. The smallest absolute Gasteiger partial charge is 0.273 e. The van der Waals surface area contributed by atoms with Crippen molar-refractivity contribution in [2.45, 2.75) is 6.04 Å². The number of hydrogen-bond donors (Lipinski definition) is 1. The SMILES string of the molecule is CN1CCN([C@H](CNC(=O)c2cc(-c3ccc(Br)cc3)on2)c2ccco2)CC1. The van der Waals surface area contributed by atoms with Crippen molar-refractivity contribution in [1.82, 2.24) is 20.3 Å². The first-order valence-electron chi connectivity index (χ1n) is 9.57. The van der Waals surface area contributed by atoms with E-state index in [0.29, 0.717) is 12.3 Å². The molecule has 1 N–H and O–H groups in total. The summed E-state index contributed by atoms with van der Waals surface area (Å²) in [5.41, 5.74) is 1.13. The molecule has 0 unspecified atom stereocenters. The van der Waals surface area contributed by atoms with Crippen molar-refractivity contribution in [3.8, 4) is 11.3 Å². The van der Waals surface area contributed by atoms with Gasteiger partial charge in [0.15, 0.2) is 11.5 Å². The van der Waals surface area contributed by atoms with Crippen molar-refractivity contribution in [3.05, 3.63) is 64.7 Å². The van der Waals surface area contributed by atoms with E-state index in [1.165, 1.54) is 0 Å².